The molecule has 2 saturated heterocycles. The Hall–Kier alpha value is -1.04. The van der Waals surface area contributed by atoms with Gasteiger partial charge in [0.1, 0.15) is 0 Å². The Morgan fingerprint density at radius 1 is 1.21 bits per heavy atom. The molecule has 0 aliphatic carbocycles. The fraction of sp³-hybridized carbons (Fsp3) is 0.632. The predicted molar refractivity (Wildman–Crippen MR) is 98.3 cm³/mol. The number of carbonyl (C=O) groups is 1. The van der Waals surface area contributed by atoms with E-state index in [-0.39, 0.29) is 5.91 Å². The molecule has 1 aromatic carbocycles. The van der Waals surface area contributed by atoms with Crippen LogP contribution in [0, 0.1) is 5.92 Å². The molecule has 1 atom stereocenters. The zero-order valence-electron chi connectivity index (χ0n) is 14.3. The predicted octanol–water partition coefficient (Wildman–Crippen LogP) is 2.79. The van der Waals surface area contributed by atoms with Crippen LogP contribution in [0.1, 0.15) is 25.7 Å². The quantitative estimate of drug-likeness (QED) is 0.770. The van der Waals surface area contributed by atoms with E-state index >= 15 is 0 Å². The van der Waals surface area contributed by atoms with Gasteiger partial charge in [0.15, 0.2) is 0 Å². The van der Waals surface area contributed by atoms with Crippen LogP contribution in [-0.4, -0.2) is 55.4 Å². The highest BCUT2D eigenvalue weighted by Gasteiger charge is 2.27. The summed E-state index contributed by atoms with van der Waals surface area (Å²) in [6.07, 6.45) is 4.16. The molecule has 0 saturated carbocycles. The van der Waals surface area contributed by atoms with Gasteiger partial charge in [-0.25, -0.2) is 0 Å². The molecule has 4 nitrogen and oxygen atoms in total. The summed E-state index contributed by atoms with van der Waals surface area (Å²) < 4.78 is 5.48. The highest BCUT2D eigenvalue weighted by Crippen LogP contribution is 2.22. The standard InChI is InChI=1S/C19H28N2O2S/c22-19(9-13-24-18-4-2-1-3-5-18)20-14-16-6-10-21(11-7-16)17-8-12-23-15-17/h1-5,16-17H,6-15H2,(H,20,22). The molecule has 2 aliphatic heterocycles. The number of benzene rings is 1. The van der Waals surface area contributed by atoms with Gasteiger partial charge in [-0.2, -0.15) is 0 Å². The fourth-order valence-corrected chi connectivity index (χ4v) is 4.33. The van der Waals surface area contributed by atoms with E-state index in [1.807, 2.05) is 18.2 Å². The molecule has 24 heavy (non-hydrogen) atoms. The van der Waals surface area contributed by atoms with Gasteiger partial charge in [-0.1, -0.05) is 18.2 Å². The van der Waals surface area contributed by atoms with Crippen molar-refractivity contribution in [3.8, 4) is 0 Å². The van der Waals surface area contributed by atoms with Gasteiger partial charge in [0.25, 0.3) is 0 Å². The third-order valence-electron chi connectivity index (χ3n) is 5.00. The van der Waals surface area contributed by atoms with Gasteiger partial charge < -0.3 is 10.1 Å². The number of rotatable bonds is 7. The smallest absolute Gasteiger partial charge is 0.220 e. The Balaban J connectivity index is 1.27. The second kappa shape index (κ2) is 9.44. The van der Waals surface area contributed by atoms with E-state index in [1.165, 1.54) is 24.2 Å². The summed E-state index contributed by atoms with van der Waals surface area (Å²) in [4.78, 5) is 15.8. The van der Waals surface area contributed by atoms with Crippen molar-refractivity contribution in [2.24, 2.45) is 5.92 Å². The number of amides is 1. The van der Waals surface area contributed by atoms with Crippen molar-refractivity contribution in [1.29, 1.82) is 0 Å². The van der Waals surface area contributed by atoms with Crippen LogP contribution < -0.4 is 5.32 Å². The van der Waals surface area contributed by atoms with Crippen molar-refractivity contribution in [3.05, 3.63) is 30.3 Å². The lowest BCUT2D eigenvalue weighted by atomic mass is 9.95. The largest absolute Gasteiger partial charge is 0.380 e. The molecule has 5 heteroatoms. The van der Waals surface area contributed by atoms with E-state index in [1.54, 1.807) is 11.8 Å². The van der Waals surface area contributed by atoms with E-state index < -0.39 is 0 Å². The molecule has 0 aromatic heterocycles. The summed E-state index contributed by atoms with van der Waals surface area (Å²) in [5.74, 6) is 1.66. The number of thioether (sulfide) groups is 1. The minimum atomic E-state index is 0.185. The molecule has 0 spiro atoms. The Bertz CT molecular complexity index is 497. The number of hydrogen-bond acceptors (Lipinski definition) is 4. The van der Waals surface area contributed by atoms with Crippen LogP contribution in [0.25, 0.3) is 0 Å². The van der Waals surface area contributed by atoms with Crippen LogP contribution in [-0.2, 0) is 9.53 Å². The molecule has 1 unspecified atom stereocenters. The van der Waals surface area contributed by atoms with Crippen molar-refractivity contribution in [3.63, 3.8) is 0 Å². The van der Waals surface area contributed by atoms with E-state index in [0.717, 1.165) is 38.6 Å². The number of likely N-dealkylation sites (tertiary alicyclic amines) is 1. The van der Waals surface area contributed by atoms with Crippen LogP contribution in [0.5, 0.6) is 0 Å². The maximum Gasteiger partial charge on any atom is 0.220 e. The molecule has 1 amide bonds. The van der Waals surface area contributed by atoms with Gasteiger partial charge in [0, 0.05) is 36.3 Å². The highest BCUT2D eigenvalue weighted by atomic mass is 32.2. The molecule has 0 bridgehead atoms. The van der Waals surface area contributed by atoms with Crippen molar-refractivity contribution in [2.45, 2.75) is 36.6 Å². The molecular formula is C19H28N2O2S. The number of piperidine rings is 1. The summed E-state index contributed by atoms with van der Waals surface area (Å²) >= 11 is 1.75. The van der Waals surface area contributed by atoms with Gasteiger partial charge in [0.2, 0.25) is 5.91 Å². The molecule has 2 fully saturated rings. The maximum atomic E-state index is 12.0. The van der Waals surface area contributed by atoms with Crippen LogP contribution in [0.4, 0.5) is 0 Å². The Morgan fingerprint density at radius 3 is 2.71 bits per heavy atom. The van der Waals surface area contributed by atoms with Crippen LogP contribution in [0.2, 0.25) is 0 Å². The Labute approximate surface area is 149 Å². The number of hydrogen-bond donors (Lipinski definition) is 1. The minimum absolute atomic E-state index is 0.185. The van der Waals surface area contributed by atoms with Gasteiger partial charge >= 0.3 is 0 Å². The van der Waals surface area contributed by atoms with Gasteiger partial charge in [-0.05, 0) is 50.4 Å². The third-order valence-corrected chi connectivity index (χ3v) is 6.01. The van der Waals surface area contributed by atoms with E-state index in [9.17, 15) is 4.79 Å². The second-order valence-electron chi connectivity index (χ2n) is 6.71. The zero-order valence-corrected chi connectivity index (χ0v) is 15.1. The maximum absolute atomic E-state index is 12.0. The first-order valence-electron chi connectivity index (χ1n) is 9.07. The average Bonchev–Trinajstić information content (AvgIpc) is 3.16. The lowest BCUT2D eigenvalue weighted by Gasteiger charge is -2.35. The van der Waals surface area contributed by atoms with Crippen LogP contribution in [0.15, 0.2) is 35.2 Å². The van der Waals surface area contributed by atoms with Crippen LogP contribution in [0.3, 0.4) is 0 Å². The summed E-state index contributed by atoms with van der Waals surface area (Å²) in [5.41, 5.74) is 0. The molecule has 1 aromatic rings. The van der Waals surface area contributed by atoms with Gasteiger partial charge in [-0.15, -0.1) is 11.8 Å². The number of ether oxygens (including phenoxy) is 1. The molecule has 2 aliphatic rings. The van der Waals surface area contributed by atoms with E-state index in [0.29, 0.717) is 18.4 Å². The topological polar surface area (TPSA) is 41.6 Å². The van der Waals surface area contributed by atoms with E-state index in [4.69, 9.17) is 4.74 Å². The summed E-state index contributed by atoms with van der Waals surface area (Å²) in [6.45, 7) is 4.96. The SMILES string of the molecule is O=C(CCSc1ccccc1)NCC1CCN(C2CCOC2)CC1. The summed E-state index contributed by atoms with van der Waals surface area (Å²) in [5, 5.41) is 3.13. The second-order valence-corrected chi connectivity index (χ2v) is 7.88. The summed E-state index contributed by atoms with van der Waals surface area (Å²) in [6, 6.07) is 10.9. The number of nitrogens with zero attached hydrogens (tertiary/aromatic N) is 1. The monoisotopic (exact) mass is 348 g/mol. The lowest BCUT2D eigenvalue weighted by Crippen LogP contribution is -2.44. The first kappa shape index (κ1) is 17.8. The first-order chi connectivity index (χ1) is 11.8. The Morgan fingerprint density at radius 2 is 2.00 bits per heavy atom. The molecule has 2 heterocycles. The summed E-state index contributed by atoms with van der Waals surface area (Å²) in [7, 11) is 0. The molecular weight excluding hydrogens is 320 g/mol. The van der Waals surface area contributed by atoms with Crippen molar-refractivity contribution < 1.29 is 9.53 Å². The van der Waals surface area contributed by atoms with Gasteiger partial charge in [-0.3, -0.25) is 9.69 Å². The molecule has 1 N–H and O–H groups in total. The Kier molecular flexibility index (Phi) is 6.99. The third kappa shape index (κ3) is 5.50. The first-order valence-corrected chi connectivity index (χ1v) is 10.1. The van der Waals surface area contributed by atoms with Crippen molar-refractivity contribution in [1.82, 2.24) is 10.2 Å². The van der Waals surface area contributed by atoms with Crippen molar-refractivity contribution in [2.75, 3.05) is 38.6 Å². The minimum Gasteiger partial charge on any atom is -0.380 e. The molecule has 0 radical (unpaired) electrons. The fourth-order valence-electron chi connectivity index (χ4n) is 3.46. The average molecular weight is 349 g/mol. The normalized spacial score (nSPS) is 22.6. The van der Waals surface area contributed by atoms with Crippen LogP contribution >= 0.6 is 11.8 Å². The molecule has 3 rings (SSSR count). The lowest BCUT2D eigenvalue weighted by molar-refractivity contribution is -0.120. The van der Waals surface area contributed by atoms with Crippen molar-refractivity contribution >= 4 is 17.7 Å². The number of nitrogens with one attached hydrogen (secondary N) is 1. The van der Waals surface area contributed by atoms with Gasteiger partial charge in [0.05, 0.1) is 6.61 Å². The zero-order chi connectivity index (χ0) is 16.6. The van der Waals surface area contributed by atoms with E-state index in [2.05, 4.69) is 22.3 Å². The highest BCUT2D eigenvalue weighted by molar-refractivity contribution is 7.99. The molecule has 132 valence electrons. The number of carbonyl (C=O) groups excluding carboxylic acids is 1.